The standard InChI is InChI=1S/C8H17F2N2OP.2C2H6/c1-4-3-12-7(8(9,10)14)6(13-2)5(4)11;2*1-2/h4-7,12H,3,11,14H2,1-2H3;2*1-2H3. The first-order chi connectivity index (χ1) is 8.38. The van der Waals surface area contributed by atoms with Gasteiger partial charge in [0, 0.05) is 13.2 Å². The van der Waals surface area contributed by atoms with Crippen molar-refractivity contribution in [3.05, 3.63) is 0 Å². The molecule has 0 amide bonds. The number of hydrogen-bond donors (Lipinski definition) is 2. The summed E-state index contributed by atoms with van der Waals surface area (Å²) >= 11 is 0. The highest BCUT2D eigenvalue weighted by atomic mass is 31.0. The van der Waals surface area contributed by atoms with Gasteiger partial charge < -0.3 is 15.8 Å². The van der Waals surface area contributed by atoms with E-state index in [1.807, 2.05) is 34.6 Å². The highest BCUT2D eigenvalue weighted by molar-refractivity contribution is 7.18. The number of ether oxygens (including phenoxy) is 1. The minimum absolute atomic E-state index is 0.142. The maximum Gasteiger partial charge on any atom is 0.276 e. The first kappa shape index (κ1) is 20.5. The van der Waals surface area contributed by atoms with Crippen LogP contribution >= 0.6 is 9.24 Å². The molecule has 5 atom stereocenters. The van der Waals surface area contributed by atoms with E-state index in [0.29, 0.717) is 6.54 Å². The molecule has 0 radical (unpaired) electrons. The molecule has 3 nitrogen and oxygen atoms in total. The second-order valence-corrected chi connectivity index (χ2v) is 4.59. The molecule has 1 fully saturated rings. The summed E-state index contributed by atoms with van der Waals surface area (Å²) in [6.45, 7) is 10.4. The first-order valence-corrected chi connectivity index (χ1v) is 7.14. The Bertz CT molecular complexity index is 203. The molecule has 1 aliphatic heterocycles. The summed E-state index contributed by atoms with van der Waals surface area (Å²) in [6, 6.07) is -1.37. The van der Waals surface area contributed by atoms with Gasteiger partial charge in [-0.1, -0.05) is 43.9 Å². The lowest BCUT2D eigenvalue weighted by molar-refractivity contribution is -0.0610. The van der Waals surface area contributed by atoms with Crippen molar-refractivity contribution in [2.45, 2.75) is 58.5 Å². The van der Waals surface area contributed by atoms with Crippen LogP contribution in [0.4, 0.5) is 8.78 Å². The van der Waals surface area contributed by atoms with Gasteiger partial charge in [0.15, 0.2) is 0 Å². The number of methoxy groups -OCH3 is 1. The number of rotatable bonds is 2. The largest absolute Gasteiger partial charge is 0.378 e. The van der Waals surface area contributed by atoms with Gasteiger partial charge in [-0.15, -0.1) is 0 Å². The minimum atomic E-state index is -2.89. The van der Waals surface area contributed by atoms with Crippen LogP contribution in [-0.4, -0.2) is 37.5 Å². The van der Waals surface area contributed by atoms with Crippen LogP contribution in [-0.2, 0) is 4.74 Å². The fourth-order valence-electron chi connectivity index (χ4n) is 1.76. The lowest BCUT2D eigenvalue weighted by Crippen LogP contribution is -2.64. The van der Waals surface area contributed by atoms with Gasteiger partial charge >= 0.3 is 0 Å². The average Bonchev–Trinajstić information content (AvgIpc) is 2.36. The third-order valence-electron chi connectivity index (χ3n) is 2.71. The lowest BCUT2D eigenvalue weighted by atomic mass is 9.88. The van der Waals surface area contributed by atoms with Crippen LogP contribution in [0.3, 0.4) is 0 Å². The quantitative estimate of drug-likeness (QED) is 0.767. The van der Waals surface area contributed by atoms with Crippen molar-refractivity contribution < 1.29 is 13.5 Å². The number of nitrogens with two attached hydrogens (primary N) is 1. The summed E-state index contributed by atoms with van der Waals surface area (Å²) in [5.74, 6) is 0.142. The molecule has 0 bridgehead atoms. The van der Waals surface area contributed by atoms with Crippen molar-refractivity contribution in [3.63, 3.8) is 0 Å². The Hall–Kier alpha value is 0.170. The van der Waals surface area contributed by atoms with Gasteiger partial charge in [-0.3, -0.25) is 0 Å². The maximum absolute atomic E-state index is 13.1. The molecule has 3 N–H and O–H groups in total. The van der Waals surface area contributed by atoms with E-state index >= 15 is 0 Å². The smallest absolute Gasteiger partial charge is 0.276 e. The summed E-state index contributed by atoms with van der Waals surface area (Å²) in [7, 11) is 2.94. The molecule has 0 aromatic rings. The van der Waals surface area contributed by atoms with Crippen molar-refractivity contribution in [1.82, 2.24) is 5.32 Å². The third kappa shape index (κ3) is 5.87. The average molecular weight is 286 g/mol. The SMILES string of the molecule is CC.CC.COC1C(N)C(C)CNC1C(F)(F)P. The number of nitrogens with one attached hydrogen (secondary N) is 1. The molecule has 112 valence electrons. The topological polar surface area (TPSA) is 47.3 Å². The molecule has 1 heterocycles. The fourth-order valence-corrected chi connectivity index (χ4v) is 2.07. The molecular weight excluding hydrogens is 257 g/mol. The monoisotopic (exact) mass is 286 g/mol. The molecule has 1 saturated heterocycles. The maximum atomic E-state index is 13.1. The molecule has 18 heavy (non-hydrogen) atoms. The molecular formula is C12H29F2N2OP. The number of alkyl halides is 2. The highest BCUT2D eigenvalue weighted by Crippen LogP contribution is 2.33. The molecule has 0 aromatic carbocycles. The van der Waals surface area contributed by atoms with Crippen LogP contribution in [0.2, 0.25) is 0 Å². The Balaban J connectivity index is 0. The third-order valence-corrected chi connectivity index (χ3v) is 3.07. The van der Waals surface area contributed by atoms with Crippen LogP contribution in [0.15, 0.2) is 0 Å². The zero-order valence-electron chi connectivity index (χ0n) is 12.3. The molecule has 0 aliphatic carbocycles. The Morgan fingerprint density at radius 1 is 1.28 bits per heavy atom. The molecule has 5 unspecified atom stereocenters. The van der Waals surface area contributed by atoms with Crippen LogP contribution in [0, 0.1) is 5.92 Å². The first-order valence-electron chi connectivity index (χ1n) is 6.56. The van der Waals surface area contributed by atoms with Crippen LogP contribution < -0.4 is 11.1 Å². The fraction of sp³-hybridized carbons (Fsp3) is 1.00. The molecule has 1 rings (SSSR count). The predicted molar refractivity (Wildman–Crippen MR) is 77.1 cm³/mol. The van der Waals surface area contributed by atoms with E-state index in [2.05, 4.69) is 5.32 Å². The van der Waals surface area contributed by atoms with E-state index in [1.54, 1.807) is 0 Å². The second kappa shape index (κ2) is 10.0. The van der Waals surface area contributed by atoms with E-state index in [1.165, 1.54) is 16.3 Å². The van der Waals surface area contributed by atoms with E-state index < -0.39 is 17.8 Å². The molecule has 1 aliphatic rings. The van der Waals surface area contributed by atoms with Gasteiger partial charge in [0.25, 0.3) is 5.66 Å². The molecule has 0 spiro atoms. The van der Waals surface area contributed by atoms with Crippen molar-refractivity contribution >= 4 is 9.24 Å². The van der Waals surface area contributed by atoms with Gasteiger partial charge in [-0.2, -0.15) is 0 Å². The van der Waals surface area contributed by atoms with E-state index in [0.717, 1.165) is 0 Å². The van der Waals surface area contributed by atoms with Crippen LogP contribution in [0.25, 0.3) is 0 Å². The van der Waals surface area contributed by atoms with Gasteiger partial charge in [0.2, 0.25) is 0 Å². The molecule has 0 saturated carbocycles. The summed E-state index contributed by atoms with van der Waals surface area (Å²) < 4.78 is 31.3. The Morgan fingerprint density at radius 2 is 1.72 bits per heavy atom. The van der Waals surface area contributed by atoms with Crippen LogP contribution in [0.1, 0.15) is 34.6 Å². The summed E-state index contributed by atoms with van der Waals surface area (Å²) in [5, 5.41) is 2.76. The van der Waals surface area contributed by atoms with Gasteiger partial charge in [0.05, 0.1) is 6.10 Å². The van der Waals surface area contributed by atoms with Gasteiger partial charge in [0.1, 0.15) is 6.04 Å². The van der Waals surface area contributed by atoms with Crippen molar-refractivity contribution in [1.29, 1.82) is 0 Å². The van der Waals surface area contributed by atoms with E-state index in [-0.39, 0.29) is 12.0 Å². The highest BCUT2D eigenvalue weighted by Gasteiger charge is 2.46. The van der Waals surface area contributed by atoms with Crippen molar-refractivity contribution in [2.24, 2.45) is 11.7 Å². The van der Waals surface area contributed by atoms with Crippen molar-refractivity contribution in [3.8, 4) is 0 Å². The van der Waals surface area contributed by atoms with E-state index in [4.69, 9.17) is 10.5 Å². The predicted octanol–water partition coefficient (Wildman–Crippen LogP) is 2.46. The Morgan fingerprint density at radius 3 is 2.06 bits per heavy atom. The Labute approximate surface area is 112 Å². The molecule has 6 heteroatoms. The number of piperidine rings is 1. The minimum Gasteiger partial charge on any atom is -0.378 e. The second-order valence-electron chi connectivity index (χ2n) is 3.82. The summed E-state index contributed by atoms with van der Waals surface area (Å²) in [4.78, 5) is 0. The van der Waals surface area contributed by atoms with Gasteiger partial charge in [-0.05, 0) is 12.5 Å². The normalized spacial score (nSPS) is 31.7. The van der Waals surface area contributed by atoms with Crippen LogP contribution in [0.5, 0.6) is 0 Å². The Kier molecular flexibility index (Phi) is 11.4. The number of hydrogen-bond acceptors (Lipinski definition) is 3. The lowest BCUT2D eigenvalue weighted by Gasteiger charge is -2.42. The van der Waals surface area contributed by atoms with E-state index in [9.17, 15) is 8.78 Å². The summed E-state index contributed by atoms with van der Waals surface area (Å²) in [6.07, 6.45) is -0.647. The van der Waals surface area contributed by atoms with Crippen molar-refractivity contribution in [2.75, 3.05) is 13.7 Å². The zero-order valence-corrected chi connectivity index (χ0v) is 13.5. The number of halogens is 2. The molecule has 0 aromatic heterocycles. The van der Waals surface area contributed by atoms with Gasteiger partial charge in [-0.25, -0.2) is 8.78 Å². The summed E-state index contributed by atoms with van der Waals surface area (Å²) in [5.41, 5.74) is 2.92. The zero-order chi connectivity index (χ0) is 14.9.